The molecule has 1 aromatic carbocycles. The molecule has 2 N–H and O–H groups in total. The van der Waals surface area contributed by atoms with Gasteiger partial charge in [0.25, 0.3) is 0 Å². The third-order valence-corrected chi connectivity index (χ3v) is 7.56. The number of nitrogens with two attached hydrogens (primary N) is 1. The molecule has 7 heteroatoms. The van der Waals surface area contributed by atoms with Gasteiger partial charge in [0.1, 0.15) is 11.9 Å². The molecule has 166 valence electrons. The second-order valence-corrected chi connectivity index (χ2v) is 10.7. The molecule has 1 aliphatic carbocycles. The van der Waals surface area contributed by atoms with Crippen molar-refractivity contribution in [2.45, 2.75) is 64.4 Å². The van der Waals surface area contributed by atoms with Gasteiger partial charge in [-0.2, -0.15) is 4.98 Å². The van der Waals surface area contributed by atoms with Crippen LogP contribution in [-0.4, -0.2) is 26.3 Å². The van der Waals surface area contributed by atoms with Crippen LogP contribution in [0.25, 0.3) is 0 Å². The van der Waals surface area contributed by atoms with E-state index in [-0.39, 0.29) is 0 Å². The fourth-order valence-electron chi connectivity index (χ4n) is 4.90. The first-order chi connectivity index (χ1) is 15.4. The fraction of sp³-hybridized carbons (Fsp3) is 0.440. The van der Waals surface area contributed by atoms with E-state index in [0.29, 0.717) is 23.3 Å². The Bertz CT molecular complexity index is 1140. The average molecular weight is 448 g/mol. The summed E-state index contributed by atoms with van der Waals surface area (Å²) in [4.78, 5) is 18.9. The fourth-order valence-corrected chi connectivity index (χ4v) is 5.81. The van der Waals surface area contributed by atoms with Gasteiger partial charge in [0.05, 0.1) is 10.7 Å². The van der Waals surface area contributed by atoms with E-state index in [9.17, 15) is 0 Å². The Morgan fingerprint density at radius 3 is 2.50 bits per heavy atom. The Balaban J connectivity index is 1.29. The SMILES string of the molecule is Cc1ncc(CC2CCC(c3ccc(C4=Nc5c(N)ncnc5OC4(C)C)cc3)CC2)s1. The number of aromatic nitrogens is 3. The van der Waals surface area contributed by atoms with Gasteiger partial charge in [-0.05, 0) is 70.3 Å². The number of rotatable bonds is 4. The predicted octanol–water partition coefficient (Wildman–Crippen LogP) is 5.63. The number of hydrogen-bond acceptors (Lipinski definition) is 7. The Kier molecular flexibility index (Phi) is 5.45. The lowest BCUT2D eigenvalue weighted by molar-refractivity contribution is 0.171. The summed E-state index contributed by atoms with van der Waals surface area (Å²) in [6.07, 6.45) is 9.71. The number of ether oxygens (including phenoxy) is 1. The second kappa shape index (κ2) is 8.28. The minimum Gasteiger partial charge on any atom is -0.463 e. The van der Waals surface area contributed by atoms with Crippen LogP contribution in [0.15, 0.2) is 41.8 Å². The number of benzene rings is 1. The Morgan fingerprint density at radius 1 is 1.06 bits per heavy atom. The number of thiazole rings is 1. The van der Waals surface area contributed by atoms with Crippen molar-refractivity contribution in [3.63, 3.8) is 0 Å². The van der Waals surface area contributed by atoms with E-state index in [0.717, 1.165) is 17.2 Å². The molecular formula is C25H29N5OS. The zero-order chi connectivity index (χ0) is 22.3. The zero-order valence-corrected chi connectivity index (χ0v) is 19.7. The molecule has 0 saturated heterocycles. The molecule has 32 heavy (non-hydrogen) atoms. The number of fused-ring (bicyclic) bond motifs is 1. The van der Waals surface area contributed by atoms with Gasteiger partial charge in [-0.3, -0.25) is 0 Å². The quantitative estimate of drug-likeness (QED) is 0.560. The summed E-state index contributed by atoms with van der Waals surface area (Å²) in [6.45, 7) is 6.10. The summed E-state index contributed by atoms with van der Waals surface area (Å²) in [7, 11) is 0. The number of aryl methyl sites for hydroxylation is 1. The highest BCUT2D eigenvalue weighted by Crippen LogP contribution is 2.40. The Hall–Kier alpha value is -2.80. The van der Waals surface area contributed by atoms with Crippen LogP contribution >= 0.6 is 11.3 Å². The zero-order valence-electron chi connectivity index (χ0n) is 18.8. The molecular weight excluding hydrogens is 418 g/mol. The number of hydrogen-bond donors (Lipinski definition) is 1. The minimum atomic E-state index is -0.595. The van der Waals surface area contributed by atoms with Crippen molar-refractivity contribution < 1.29 is 4.74 Å². The Morgan fingerprint density at radius 2 is 1.81 bits per heavy atom. The minimum absolute atomic E-state index is 0.338. The molecule has 5 rings (SSSR count). The molecule has 0 bridgehead atoms. The van der Waals surface area contributed by atoms with Gasteiger partial charge in [0.15, 0.2) is 11.5 Å². The van der Waals surface area contributed by atoms with Gasteiger partial charge in [0.2, 0.25) is 5.88 Å². The van der Waals surface area contributed by atoms with Crippen molar-refractivity contribution in [1.29, 1.82) is 0 Å². The van der Waals surface area contributed by atoms with E-state index in [4.69, 9.17) is 15.5 Å². The summed E-state index contributed by atoms with van der Waals surface area (Å²) in [6, 6.07) is 8.84. The molecule has 0 atom stereocenters. The summed E-state index contributed by atoms with van der Waals surface area (Å²) < 4.78 is 6.11. The molecule has 1 fully saturated rings. The maximum Gasteiger partial charge on any atom is 0.246 e. The van der Waals surface area contributed by atoms with Crippen molar-refractivity contribution in [2.24, 2.45) is 10.9 Å². The van der Waals surface area contributed by atoms with E-state index >= 15 is 0 Å². The third-order valence-electron chi connectivity index (χ3n) is 6.62. The number of nitrogen functional groups attached to an aromatic ring is 1. The number of nitrogens with zero attached hydrogens (tertiary/aromatic N) is 4. The van der Waals surface area contributed by atoms with Crippen LogP contribution in [0.3, 0.4) is 0 Å². The maximum atomic E-state index is 6.11. The van der Waals surface area contributed by atoms with Crippen molar-refractivity contribution in [3.8, 4) is 5.88 Å². The normalized spacial score (nSPS) is 22.0. The lowest BCUT2D eigenvalue weighted by atomic mass is 9.77. The highest BCUT2D eigenvalue weighted by atomic mass is 32.1. The van der Waals surface area contributed by atoms with Crippen LogP contribution in [0, 0.1) is 12.8 Å². The van der Waals surface area contributed by atoms with Crippen LogP contribution in [0.4, 0.5) is 11.5 Å². The van der Waals surface area contributed by atoms with E-state index < -0.39 is 5.60 Å². The van der Waals surface area contributed by atoms with Crippen LogP contribution in [0.5, 0.6) is 5.88 Å². The summed E-state index contributed by atoms with van der Waals surface area (Å²) in [5, 5.41) is 1.17. The highest BCUT2D eigenvalue weighted by molar-refractivity contribution is 7.11. The molecule has 6 nitrogen and oxygen atoms in total. The molecule has 0 radical (unpaired) electrons. The van der Waals surface area contributed by atoms with E-state index in [1.54, 1.807) is 0 Å². The molecule has 1 saturated carbocycles. The average Bonchev–Trinajstić information content (AvgIpc) is 3.18. The molecule has 2 aromatic heterocycles. The van der Waals surface area contributed by atoms with E-state index in [1.165, 1.54) is 53.9 Å². The van der Waals surface area contributed by atoms with E-state index in [1.807, 2.05) is 25.2 Å². The van der Waals surface area contributed by atoms with Crippen LogP contribution in [0.2, 0.25) is 0 Å². The van der Waals surface area contributed by atoms with Gasteiger partial charge >= 0.3 is 0 Å². The van der Waals surface area contributed by atoms with Crippen LogP contribution in [0.1, 0.15) is 66.5 Å². The summed E-state index contributed by atoms with van der Waals surface area (Å²) >= 11 is 1.84. The topological polar surface area (TPSA) is 86.3 Å². The first-order valence-electron chi connectivity index (χ1n) is 11.3. The van der Waals surface area contributed by atoms with E-state index in [2.05, 4.69) is 52.3 Å². The largest absolute Gasteiger partial charge is 0.463 e. The smallest absolute Gasteiger partial charge is 0.246 e. The molecule has 0 amide bonds. The number of anilines is 1. The van der Waals surface area contributed by atoms with Crippen molar-refractivity contribution in [2.75, 3.05) is 5.73 Å². The summed E-state index contributed by atoms with van der Waals surface area (Å²) in [5.41, 5.74) is 9.24. The standard InChI is InChI=1S/C25H29N5OS/c1-15-27-13-20(32-15)12-16-4-6-17(7-5-16)18-8-10-19(11-9-18)22-25(2,3)31-24-21(30-22)23(26)28-14-29-24/h8-11,13-14,16-17H,4-7,12H2,1-3H3,(H2,26,28,29). The second-order valence-electron chi connectivity index (χ2n) is 9.37. The lowest BCUT2D eigenvalue weighted by Crippen LogP contribution is -2.41. The molecule has 0 spiro atoms. The first kappa shape index (κ1) is 21.1. The van der Waals surface area contributed by atoms with Crippen molar-refractivity contribution in [3.05, 3.63) is 57.8 Å². The predicted molar refractivity (Wildman–Crippen MR) is 129 cm³/mol. The Labute approximate surface area is 193 Å². The molecule has 0 unspecified atom stereocenters. The highest BCUT2D eigenvalue weighted by Gasteiger charge is 2.35. The van der Waals surface area contributed by atoms with Gasteiger partial charge in [0, 0.05) is 16.6 Å². The number of aliphatic imine (C=N–C) groups is 1. The molecule has 3 heterocycles. The lowest BCUT2D eigenvalue weighted by Gasteiger charge is -2.32. The van der Waals surface area contributed by atoms with Crippen molar-refractivity contribution in [1.82, 2.24) is 15.0 Å². The van der Waals surface area contributed by atoms with Gasteiger partial charge in [-0.25, -0.2) is 15.0 Å². The molecule has 3 aromatic rings. The monoisotopic (exact) mass is 447 g/mol. The van der Waals surface area contributed by atoms with Gasteiger partial charge in [-0.1, -0.05) is 24.3 Å². The van der Waals surface area contributed by atoms with Crippen molar-refractivity contribution >= 4 is 28.6 Å². The molecule has 1 aliphatic heterocycles. The van der Waals surface area contributed by atoms with Gasteiger partial charge in [-0.15, -0.1) is 11.3 Å². The maximum absolute atomic E-state index is 6.11. The third kappa shape index (κ3) is 4.13. The molecule has 2 aliphatic rings. The van der Waals surface area contributed by atoms with Gasteiger partial charge < -0.3 is 10.5 Å². The first-order valence-corrected chi connectivity index (χ1v) is 12.1. The van der Waals surface area contributed by atoms with Crippen LogP contribution < -0.4 is 10.5 Å². The van der Waals surface area contributed by atoms with Crippen LogP contribution in [-0.2, 0) is 6.42 Å². The summed E-state index contributed by atoms with van der Waals surface area (Å²) in [5.74, 6) is 2.19.